The van der Waals surface area contributed by atoms with Crippen LogP contribution in [0, 0.1) is 0 Å². The van der Waals surface area contributed by atoms with Gasteiger partial charge in [-0.3, -0.25) is 4.79 Å². The molecule has 0 spiro atoms. The molecule has 136 valence electrons. The van der Waals surface area contributed by atoms with Crippen molar-refractivity contribution >= 4 is 11.6 Å². The number of nitrogens with one attached hydrogen (secondary N) is 1. The second-order valence-corrected chi connectivity index (χ2v) is 6.81. The van der Waals surface area contributed by atoms with Gasteiger partial charge in [0.15, 0.2) is 0 Å². The third-order valence-corrected chi connectivity index (χ3v) is 4.94. The van der Waals surface area contributed by atoms with E-state index in [4.69, 9.17) is 4.74 Å². The fourth-order valence-corrected chi connectivity index (χ4v) is 3.27. The van der Waals surface area contributed by atoms with Crippen molar-refractivity contribution in [2.45, 2.75) is 39.0 Å². The summed E-state index contributed by atoms with van der Waals surface area (Å²) in [6.45, 7) is 10.4. The first kappa shape index (κ1) is 18.1. The molecule has 4 heteroatoms. The van der Waals surface area contributed by atoms with Crippen LogP contribution in [0.5, 0.6) is 5.75 Å². The minimum atomic E-state index is -0.686. The van der Waals surface area contributed by atoms with Gasteiger partial charge in [-0.2, -0.15) is 0 Å². The molecule has 1 amide bonds. The highest BCUT2D eigenvalue weighted by atomic mass is 16.5. The van der Waals surface area contributed by atoms with E-state index >= 15 is 0 Å². The van der Waals surface area contributed by atoms with E-state index in [-0.39, 0.29) is 12.0 Å². The van der Waals surface area contributed by atoms with E-state index in [1.807, 2.05) is 60.4 Å². The zero-order valence-electron chi connectivity index (χ0n) is 15.7. The van der Waals surface area contributed by atoms with Crippen LogP contribution in [-0.4, -0.2) is 23.5 Å². The van der Waals surface area contributed by atoms with Crippen molar-refractivity contribution in [2.75, 3.05) is 11.9 Å². The highest BCUT2D eigenvalue weighted by Crippen LogP contribution is 2.38. The average molecular weight is 350 g/mol. The molecular weight excluding hydrogens is 324 g/mol. The first-order chi connectivity index (χ1) is 12.5. The zero-order valence-corrected chi connectivity index (χ0v) is 15.7. The number of carbonyl (C=O) groups excluding carboxylic acids is 1. The van der Waals surface area contributed by atoms with Gasteiger partial charge in [-0.1, -0.05) is 37.3 Å². The Morgan fingerprint density at radius 1 is 1.27 bits per heavy atom. The summed E-state index contributed by atoms with van der Waals surface area (Å²) in [5.41, 5.74) is 1.81. The molecule has 2 unspecified atom stereocenters. The van der Waals surface area contributed by atoms with Gasteiger partial charge >= 0.3 is 0 Å². The molecule has 26 heavy (non-hydrogen) atoms. The highest BCUT2D eigenvalue weighted by Gasteiger charge is 2.41. The number of para-hydroxylation sites is 1. The Morgan fingerprint density at radius 3 is 2.77 bits per heavy atom. The van der Waals surface area contributed by atoms with Crippen LogP contribution in [0.1, 0.15) is 43.1 Å². The molecule has 1 heterocycles. The van der Waals surface area contributed by atoms with Gasteiger partial charge in [0, 0.05) is 17.8 Å². The van der Waals surface area contributed by atoms with Crippen LogP contribution in [0.2, 0.25) is 0 Å². The van der Waals surface area contributed by atoms with Crippen LogP contribution < -0.4 is 10.1 Å². The molecular formula is C22H26N2O2. The third kappa shape index (κ3) is 3.19. The van der Waals surface area contributed by atoms with Crippen LogP contribution in [0.3, 0.4) is 0 Å². The fourth-order valence-electron chi connectivity index (χ4n) is 3.27. The van der Waals surface area contributed by atoms with Crippen molar-refractivity contribution in [2.24, 2.45) is 0 Å². The monoisotopic (exact) mass is 350 g/mol. The van der Waals surface area contributed by atoms with Crippen LogP contribution in [0.4, 0.5) is 5.69 Å². The Balaban J connectivity index is 2.05. The Bertz CT molecular complexity index is 817. The SMILES string of the molecule is C=CCN1C(=O)c2ccccc2NC1(C)c1cccc(OC(C)CC)c1. The number of nitrogens with zero attached hydrogens (tertiary/aromatic N) is 1. The topological polar surface area (TPSA) is 41.6 Å². The predicted octanol–water partition coefficient (Wildman–Crippen LogP) is 4.79. The normalized spacial score (nSPS) is 20.1. The van der Waals surface area contributed by atoms with Gasteiger partial charge in [0.25, 0.3) is 5.91 Å². The number of fused-ring (bicyclic) bond motifs is 1. The summed E-state index contributed by atoms with van der Waals surface area (Å²) >= 11 is 0. The summed E-state index contributed by atoms with van der Waals surface area (Å²) in [5.74, 6) is 0.805. The zero-order chi connectivity index (χ0) is 18.7. The summed E-state index contributed by atoms with van der Waals surface area (Å²) in [5, 5.41) is 3.55. The van der Waals surface area contributed by atoms with Gasteiger partial charge in [0.05, 0.1) is 11.7 Å². The number of benzene rings is 2. The molecule has 0 aromatic heterocycles. The average Bonchev–Trinajstić information content (AvgIpc) is 2.65. The van der Waals surface area contributed by atoms with E-state index in [0.717, 1.165) is 23.4 Å². The summed E-state index contributed by atoms with van der Waals surface area (Å²) in [4.78, 5) is 14.9. The maximum Gasteiger partial charge on any atom is 0.258 e. The first-order valence-corrected chi connectivity index (χ1v) is 9.07. The molecule has 1 aliphatic rings. The number of hydrogen-bond acceptors (Lipinski definition) is 3. The molecule has 3 rings (SSSR count). The van der Waals surface area contributed by atoms with E-state index in [9.17, 15) is 4.79 Å². The molecule has 4 nitrogen and oxygen atoms in total. The van der Waals surface area contributed by atoms with Crippen molar-refractivity contribution in [1.82, 2.24) is 4.90 Å². The molecule has 0 saturated carbocycles. The lowest BCUT2D eigenvalue weighted by molar-refractivity contribution is 0.0571. The number of anilines is 1. The van der Waals surface area contributed by atoms with Gasteiger partial charge < -0.3 is 15.0 Å². The molecule has 1 aliphatic heterocycles. The van der Waals surface area contributed by atoms with Crippen LogP contribution in [0.15, 0.2) is 61.2 Å². The molecule has 1 N–H and O–H groups in total. The lowest BCUT2D eigenvalue weighted by Gasteiger charge is -2.46. The van der Waals surface area contributed by atoms with Crippen molar-refractivity contribution in [3.8, 4) is 5.75 Å². The summed E-state index contributed by atoms with van der Waals surface area (Å²) in [6.07, 6.45) is 2.84. The van der Waals surface area contributed by atoms with Gasteiger partial charge in [-0.05, 0) is 44.5 Å². The Labute approximate surface area is 155 Å². The smallest absolute Gasteiger partial charge is 0.258 e. The first-order valence-electron chi connectivity index (χ1n) is 9.07. The third-order valence-electron chi connectivity index (χ3n) is 4.94. The standard InChI is InChI=1S/C22H26N2O2/c1-5-14-24-21(25)19-12-7-8-13-20(19)23-22(24,4)17-10-9-11-18(15-17)26-16(3)6-2/h5,7-13,15-16,23H,1,6,14H2,2-4H3. The fraction of sp³-hybridized carbons (Fsp3) is 0.318. The lowest BCUT2D eigenvalue weighted by Crippen LogP contribution is -2.55. The molecule has 0 aliphatic carbocycles. The summed E-state index contributed by atoms with van der Waals surface area (Å²) in [6, 6.07) is 15.6. The number of amides is 1. The van der Waals surface area contributed by atoms with Gasteiger partial charge in [-0.25, -0.2) is 0 Å². The molecule has 0 saturated heterocycles. The van der Waals surface area contributed by atoms with Crippen LogP contribution >= 0.6 is 0 Å². The second-order valence-electron chi connectivity index (χ2n) is 6.81. The lowest BCUT2D eigenvalue weighted by atomic mass is 9.93. The minimum absolute atomic E-state index is 0.00463. The van der Waals surface area contributed by atoms with Crippen LogP contribution in [-0.2, 0) is 5.66 Å². The van der Waals surface area contributed by atoms with Crippen molar-refractivity contribution in [1.29, 1.82) is 0 Å². The molecule has 0 fully saturated rings. The number of hydrogen-bond donors (Lipinski definition) is 1. The number of ether oxygens (including phenoxy) is 1. The van der Waals surface area contributed by atoms with Crippen LogP contribution in [0.25, 0.3) is 0 Å². The van der Waals surface area contributed by atoms with E-state index in [0.29, 0.717) is 12.1 Å². The van der Waals surface area contributed by atoms with E-state index in [1.54, 1.807) is 6.08 Å². The maximum atomic E-state index is 13.1. The Kier molecular flexibility index (Phi) is 5.03. The van der Waals surface area contributed by atoms with Gasteiger partial charge in [0.2, 0.25) is 0 Å². The molecule has 0 radical (unpaired) electrons. The maximum absolute atomic E-state index is 13.1. The minimum Gasteiger partial charge on any atom is -0.491 e. The summed E-state index contributed by atoms with van der Waals surface area (Å²) < 4.78 is 5.98. The quantitative estimate of drug-likeness (QED) is 0.762. The number of rotatable bonds is 6. The largest absolute Gasteiger partial charge is 0.491 e. The van der Waals surface area contributed by atoms with E-state index < -0.39 is 5.66 Å². The van der Waals surface area contributed by atoms with Gasteiger partial charge in [0.1, 0.15) is 11.4 Å². The van der Waals surface area contributed by atoms with Crippen molar-refractivity contribution < 1.29 is 9.53 Å². The van der Waals surface area contributed by atoms with E-state index in [1.165, 1.54) is 0 Å². The highest BCUT2D eigenvalue weighted by molar-refractivity contribution is 6.02. The Hall–Kier alpha value is -2.75. The second kappa shape index (κ2) is 7.24. The molecule has 2 aromatic rings. The van der Waals surface area contributed by atoms with Crippen molar-refractivity contribution in [3.63, 3.8) is 0 Å². The molecule has 2 atom stereocenters. The molecule has 0 bridgehead atoms. The Morgan fingerprint density at radius 2 is 2.04 bits per heavy atom. The van der Waals surface area contributed by atoms with E-state index in [2.05, 4.69) is 25.7 Å². The van der Waals surface area contributed by atoms with Gasteiger partial charge in [-0.15, -0.1) is 6.58 Å². The van der Waals surface area contributed by atoms with Crippen molar-refractivity contribution in [3.05, 3.63) is 72.3 Å². The number of carbonyl (C=O) groups is 1. The summed E-state index contributed by atoms with van der Waals surface area (Å²) in [7, 11) is 0. The molecule has 2 aromatic carbocycles. The predicted molar refractivity (Wildman–Crippen MR) is 105 cm³/mol.